The van der Waals surface area contributed by atoms with Gasteiger partial charge in [0.25, 0.3) is 0 Å². The molecule has 0 spiro atoms. The Balaban J connectivity index is 1.74. The van der Waals surface area contributed by atoms with Gasteiger partial charge in [-0.15, -0.1) is 0 Å². The molecule has 3 unspecified atom stereocenters. The van der Waals surface area contributed by atoms with Crippen molar-refractivity contribution in [1.82, 2.24) is 5.32 Å². The fraction of sp³-hybridized carbons (Fsp3) is 1.00. The van der Waals surface area contributed by atoms with E-state index in [0.717, 1.165) is 25.6 Å². The fourth-order valence-electron chi connectivity index (χ4n) is 4.12. The molecule has 0 bridgehead atoms. The molecule has 1 aliphatic carbocycles. The molecule has 0 amide bonds. The van der Waals surface area contributed by atoms with Crippen LogP contribution in [0.25, 0.3) is 0 Å². The van der Waals surface area contributed by atoms with Gasteiger partial charge in [0.15, 0.2) is 0 Å². The summed E-state index contributed by atoms with van der Waals surface area (Å²) in [4.78, 5) is 0. The van der Waals surface area contributed by atoms with Crippen molar-refractivity contribution in [3.8, 4) is 0 Å². The molecule has 3 N–H and O–H groups in total. The van der Waals surface area contributed by atoms with E-state index in [9.17, 15) is 0 Å². The minimum absolute atomic E-state index is 0.0872. The molecule has 1 heterocycles. The van der Waals surface area contributed by atoms with Crippen molar-refractivity contribution >= 4 is 0 Å². The number of fused-ring (bicyclic) bond motifs is 1. The number of ether oxygens (including phenoxy) is 1. The zero-order valence-corrected chi connectivity index (χ0v) is 13.9. The van der Waals surface area contributed by atoms with E-state index in [-0.39, 0.29) is 11.0 Å². The average Bonchev–Trinajstić information content (AvgIpc) is 2.42. The van der Waals surface area contributed by atoms with Gasteiger partial charge in [0.1, 0.15) is 0 Å². The zero-order valence-electron chi connectivity index (χ0n) is 13.9. The highest BCUT2D eigenvalue weighted by molar-refractivity contribution is 5.20. The SMILES string of the molecule is CC(C)CCCCNCC1(N)C2CCCOC2C1(C)C. The second-order valence-corrected chi connectivity index (χ2v) is 7.87. The normalized spacial score (nSPS) is 35.7. The molecule has 3 atom stereocenters. The highest BCUT2D eigenvalue weighted by atomic mass is 16.5. The van der Waals surface area contributed by atoms with Crippen molar-refractivity contribution in [2.75, 3.05) is 19.7 Å². The van der Waals surface area contributed by atoms with E-state index in [4.69, 9.17) is 10.5 Å². The number of nitrogens with two attached hydrogens (primary N) is 1. The van der Waals surface area contributed by atoms with Gasteiger partial charge < -0.3 is 15.8 Å². The number of unbranched alkanes of at least 4 members (excludes halogenated alkanes) is 1. The lowest BCUT2D eigenvalue weighted by Crippen LogP contribution is -2.80. The minimum atomic E-state index is -0.0872. The van der Waals surface area contributed by atoms with E-state index >= 15 is 0 Å². The zero-order chi connectivity index (χ0) is 14.8. The van der Waals surface area contributed by atoms with Crippen LogP contribution in [0.5, 0.6) is 0 Å². The summed E-state index contributed by atoms with van der Waals surface area (Å²) in [5, 5.41) is 3.61. The second kappa shape index (κ2) is 6.33. The molecule has 0 radical (unpaired) electrons. The van der Waals surface area contributed by atoms with E-state index in [1.807, 2.05) is 0 Å². The Kier molecular flexibility index (Phi) is 5.14. The third-order valence-electron chi connectivity index (χ3n) is 5.70. The average molecular weight is 282 g/mol. The number of rotatable bonds is 7. The fourth-order valence-corrected chi connectivity index (χ4v) is 4.12. The molecule has 1 saturated carbocycles. The van der Waals surface area contributed by atoms with Crippen LogP contribution in [0.1, 0.15) is 59.8 Å². The maximum atomic E-state index is 6.76. The molecule has 1 saturated heterocycles. The Labute approximate surface area is 125 Å². The van der Waals surface area contributed by atoms with Gasteiger partial charge in [-0.2, -0.15) is 0 Å². The lowest BCUT2D eigenvalue weighted by atomic mass is 9.46. The maximum absolute atomic E-state index is 6.76. The van der Waals surface area contributed by atoms with Gasteiger partial charge in [-0.1, -0.05) is 40.5 Å². The van der Waals surface area contributed by atoms with E-state index in [1.54, 1.807) is 0 Å². The topological polar surface area (TPSA) is 47.3 Å². The quantitative estimate of drug-likeness (QED) is 0.706. The summed E-state index contributed by atoms with van der Waals surface area (Å²) in [7, 11) is 0. The highest BCUT2D eigenvalue weighted by Crippen LogP contribution is 2.56. The second-order valence-electron chi connectivity index (χ2n) is 7.87. The summed E-state index contributed by atoms with van der Waals surface area (Å²) in [5.74, 6) is 1.37. The third-order valence-corrected chi connectivity index (χ3v) is 5.70. The number of hydrogen-bond donors (Lipinski definition) is 2. The molecule has 3 nitrogen and oxygen atoms in total. The molecule has 20 heavy (non-hydrogen) atoms. The van der Waals surface area contributed by atoms with Crippen LogP contribution >= 0.6 is 0 Å². The van der Waals surface area contributed by atoms with Gasteiger partial charge in [0, 0.05) is 30.0 Å². The van der Waals surface area contributed by atoms with Crippen LogP contribution in [0.3, 0.4) is 0 Å². The molecular formula is C17H34N2O. The van der Waals surface area contributed by atoms with Crippen molar-refractivity contribution in [1.29, 1.82) is 0 Å². The molecular weight excluding hydrogens is 248 g/mol. The van der Waals surface area contributed by atoms with Crippen molar-refractivity contribution in [3.05, 3.63) is 0 Å². The van der Waals surface area contributed by atoms with Gasteiger partial charge in [-0.25, -0.2) is 0 Å². The summed E-state index contributed by atoms with van der Waals surface area (Å²) < 4.78 is 5.95. The van der Waals surface area contributed by atoms with E-state index in [1.165, 1.54) is 32.1 Å². The third kappa shape index (κ3) is 2.90. The molecule has 2 rings (SSSR count). The first-order valence-corrected chi connectivity index (χ1v) is 8.51. The van der Waals surface area contributed by atoms with Crippen molar-refractivity contribution in [2.24, 2.45) is 23.0 Å². The first-order chi connectivity index (χ1) is 9.39. The molecule has 2 aliphatic rings. The largest absolute Gasteiger partial charge is 0.377 e. The number of hydrogen-bond acceptors (Lipinski definition) is 3. The van der Waals surface area contributed by atoms with Crippen LogP contribution in [0.2, 0.25) is 0 Å². The standard InChI is InChI=1S/C17H34N2O/c1-13(2)8-5-6-10-19-12-17(18)14-9-7-11-20-15(14)16(17,3)4/h13-15,19H,5-12,18H2,1-4H3. The molecule has 118 valence electrons. The van der Waals surface area contributed by atoms with Gasteiger partial charge >= 0.3 is 0 Å². The Morgan fingerprint density at radius 1 is 1.30 bits per heavy atom. The molecule has 1 aliphatic heterocycles. The lowest BCUT2D eigenvalue weighted by molar-refractivity contribution is -0.225. The first-order valence-electron chi connectivity index (χ1n) is 8.51. The Bertz CT molecular complexity index is 316. The van der Waals surface area contributed by atoms with Gasteiger partial charge in [0.2, 0.25) is 0 Å². The Hall–Kier alpha value is -0.120. The van der Waals surface area contributed by atoms with Crippen LogP contribution < -0.4 is 11.1 Å². The summed E-state index contributed by atoms with van der Waals surface area (Å²) >= 11 is 0. The van der Waals surface area contributed by atoms with Crippen LogP contribution in [-0.2, 0) is 4.74 Å². The van der Waals surface area contributed by atoms with Crippen molar-refractivity contribution < 1.29 is 4.74 Å². The van der Waals surface area contributed by atoms with Crippen molar-refractivity contribution in [3.63, 3.8) is 0 Å². The van der Waals surface area contributed by atoms with Crippen LogP contribution in [0, 0.1) is 17.3 Å². The summed E-state index contributed by atoms with van der Waals surface area (Å²) in [6.07, 6.45) is 6.70. The first kappa shape index (κ1) is 16.3. The summed E-state index contributed by atoms with van der Waals surface area (Å²) in [5.41, 5.74) is 6.77. The predicted octanol–water partition coefficient (Wildman–Crippen LogP) is 2.93. The van der Waals surface area contributed by atoms with Gasteiger partial charge in [0.05, 0.1) is 6.10 Å². The van der Waals surface area contributed by atoms with E-state index < -0.39 is 0 Å². The van der Waals surface area contributed by atoms with Crippen LogP contribution in [0.4, 0.5) is 0 Å². The minimum Gasteiger partial charge on any atom is -0.377 e. The molecule has 3 heteroatoms. The number of nitrogens with one attached hydrogen (secondary N) is 1. The van der Waals surface area contributed by atoms with Crippen LogP contribution in [-0.4, -0.2) is 31.3 Å². The molecule has 0 aromatic rings. The van der Waals surface area contributed by atoms with E-state index in [2.05, 4.69) is 33.0 Å². The highest BCUT2D eigenvalue weighted by Gasteiger charge is 2.65. The Morgan fingerprint density at radius 3 is 2.75 bits per heavy atom. The Morgan fingerprint density at radius 2 is 2.05 bits per heavy atom. The predicted molar refractivity (Wildman–Crippen MR) is 84.7 cm³/mol. The summed E-state index contributed by atoms with van der Waals surface area (Å²) in [6.45, 7) is 12.1. The lowest BCUT2D eigenvalue weighted by Gasteiger charge is -2.66. The monoisotopic (exact) mass is 282 g/mol. The van der Waals surface area contributed by atoms with Crippen LogP contribution in [0.15, 0.2) is 0 Å². The smallest absolute Gasteiger partial charge is 0.0690 e. The van der Waals surface area contributed by atoms with Gasteiger partial charge in [-0.3, -0.25) is 0 Å². The summed E-state index contributed by atoms with van der Waals surface area (Å²) in [6, 6.07) is 0. The van der Waals surface area contributed by atoms with Crippen molar-refractivity contribution in [2.45, 2.75) is 71.4 Å². The molecule has 0 aromatic carbocycles. The maximum Gasteiger partial charge on any atom is 0.0690 e. The molecule has 0 aromatic heterocycles. The van der Waals surface area contributed by atoms with E-state index in [0.29, 0.717) is 12.0 Å². The van der Waals surface area contributed by atoms with Gasteiger partial charge in [-0.05, 0) is 31.7 Å². The molecule has 2 fully saturated rings.